The topological polar surface area (TPSA) is 58.6 Å². The number of nitrogens with one attached hydrogen (secondary N) is 1. The van der Waals surface area contributed by atoms with Crippen molar-refractivity contribution in [2.75, 3.05) is 18.5 Å². The molecule has 5 heteroatoms. The highest BCUT2D eigenvalue weighted by molar-refractivity contribution is 6.30. The first-order valence-electron chi connectivity index (χ1n) is 6.43. The molecule has 1 fully saturated rings. The van der Waals surface area contributed by atoms with Crippen LogP contribution in [-0.4, -0.2) is 30.3 Å². The van der Waals surface area contributed by atoms with Gasteiger partial charge in [-0.1, -0.05) is 23.4 Å². The second-order valence-electron chi connectivity index (χ2n) is 4.61. The molecule has 20 heavy (non-hydrogen) atoms. The molecule has 0 spiro atoms. The normalized spacial score (nSPS) is 21.1. The number of rotatable bonds is 2. The number of anilines is 1. The Morgan fingerprint density at radius 3 is 3.05 bits per heavy atom. The Bertz CT molecular complexity index is 562. The lowest BCUT2D eigenvalue weighted by Crippen LogP contribution is -2.28. The van der Waals surface area contributed by atoms with Crippen LogP contribution in [0.4, 0.5) is 5.69 Å². The molecule has 0 saturated carbocycles. The molecule has 0 radical (unpaired) electrons. The molecule has 1 saturated heterocycles. The van der Waals surface area contributed by atoms with E-state index < -0.39 is 0 Å². The van der Waals surface area contributed by atoms with Gasteiger partial charge < -0.3 is 15.2 Å². The monoisotopic (exact) mass is 293 g/mol. The predicted octanol–water partition coefficient (Wildman–Crippen LogP) is 2.05. The molecule has 0 bridgehead atoms. The Hall–Kier alpha value is -1.54. The zero-order chi connectivity index (χ0) is 14.5. The van der Waals surface area contributed by atoms with Crippen LogP contribution in [-0.2, 0) is 9.53 Å². The number of carbonyl (C=O) groups excluding carboxylic acids is 1. The van der Waals surface area contributed by atoms with E-state index in [1.807, 2.05) is 6.92 Å². The zero-order valence-corrected chi connectivity index (χ0v) is 11.9. The van der Waals surface area contributed by atoms with Crippen molar-refractivity contribution in [2.45, 2.75) is 19.4 Å². The van der Waals surface area contributed by atoms with E-state index in [4.69, 9.17) is 21.4 Å². The Labute approximate surface area is 123 Å². The van der Waals surface area contributed by atoms with Crippen LogP contribution < -0.4 is 5.32 Å². The third kappa shape index (κ3) is 3.51. The molecule has 2 N–H and O–H groups in total. The molecule has 1 amide bonds. The van der Waals surface area contributed by atoms with Gasteiger partial charge >= 0.3 is 0 Å². The van der Waals surface area contributed by atoms with Crippen molar-refractivity contribution >= 4 is 23.2 Å². The van der Waals surface area contributed by atoms with Crippen LogP contribution in [0.2, 0.25) is 5.02 Å². The SMILES string of the molecule is CC1OCCC1C(=O)Nc1ccc(Cl)cc1C#CCO. The van der Waals surface area contributed by atoms with Crippen LogP contribution in [0.3, 0.4) is 0 Å². The van der Waals surface area contributed by atoms with Crippen molar-refractivity contribution in [1.29, 1.82) is 0 Å². The minimum absolute atomic E-state index is 0.0747. The van der Waals surface area contributed by atoms with Gasteiger partial charge in [0, 0.05) is 17.2 Å². The molecule has 0 aromatic heterocycles. The maximum atomic E-state index is 12.2. The lowest BCUT2D eigenvalue weighted by molar-refractivity contribution is -0.121. The van der Waals surface area contributed by atoms with E-state index in [0.717, 1.165) is 6.42 Å². The fourth-order valence-corrected chi connectivity index (χ4v) is 2.34. The largest absolute Gasteiger partial charge is 0.384 e. The van der Waals surface area contributed by atoms with E-state index >= 15 is 0 Å². The number of ether oxygens (including phenoxy) is 1. The van der Waals surface area contributed by atoms with E-state index in [2.05, 4.69) is 17.2 Å². The molecule has 1 aliphatic rings. The second-order valence-corrected chi connectivity index (χ2v) is 5.05. The molecule has 1 aromatic rings. The molecule has 1 aliphatic heterocycles. The molecule has 1 aromatic carbocycles. The number of benzene rings is 1. The van der Waals surface area contributed by atoms with Crippen LogP contribution in [0.5, 0.6) is 0 Å². The summed E-state index contributed by atoms with van der Waals surface area (Å²) in [6, 6.07) is 5.06. The van der Waals surface area contributed by atoms with Crippen LogP contribution in [0.15, 0.2) is 18.2 Å². The van der Waals surface area contributed by atoms with Crippen molar-refractivity contribution in [3.8, 4) is 11.8 Å². The van der Waals surface area contributed by atoms with Gasteiger partial charge in [-0.15, -0.1) is 0 Å². The van der Waals surface area contributed by atoms with E-state index in [1.54, 1.807) is 18.2 Å². The van der Waals surface area contributed by atoms with Crippen LogP contribution in [0.25, 0.3) is 0 Å². The first kappa shape index (κ1) is 14.9. The molecule has 2 atom stereocenters. The maximum Gasteiger partial charge on any atom is 0.230 e. The fourth-order valence-electron chi connectivity index (χ4n) is 2.17. The van der Waals surface area contributed by atoms with Gasteiger partial charge in [-0.25, -0.2) is 0 Å². The van der Waals surface area contributed by atoms with Crippen LogP contribution in [0.1, 0.15) is 18.9 Å². The molecule has 1 heterocycles. The zero-order valence-electron chi connectivity index (χ0n) is 11.1. The Morgan fingerprint density at radius 1 is 1.60 bits per heavy atom. The van der Waals surface area contributed by atoms with Gasteiger partial charge in [-0.05, 0) is 31.5 Å². The first-order chi connectivity index (χ1) is 9.61. The molecular formula is C15H16ClNO3. The molecule has 0 aliphatic carbocycles. The Morgan fingerprint density at radius 2 is 2.40 bits per heavy atom. The fraction of sp³-hybridized carbons (Fsp3) is 0.400. The third-order valence-electron chi connectivity index (χ3n) is 3.25. The van der Waals surface area contributed by atoms with Gasteiger partial charge in [0.05, 0.1) is 17.7 Å². The molecule has 4 nitrogen and oxygen atoms in total. The minimum atomic E-state index is -0.243. The predicted molar refractivity (Wildman–Crippen MR) is 77.6 cm³/mol. The smallest absolute Gasteiger partial charge is 0.230 e. The summed E-state index contributed by atoms with van der Waals surface area (Å²) < 4.78 is 5.40. The summed E-state index contributed by atoms with van der Waals surface area (Å²) in [5.41, 5.74) is 1.19. The van der Waals surface area contributed by atoms with Crippen molar-refractivity contribution in [2.24, 2.45) is 5.92 Å². The Kier molecular flexibility index (Phi) is 5.02. The average Bonchev–Trinajstić information content (AvgIpc) is 2.85. The van der Waals surface area contributed by atoms with Crippen LogP contribution in [0, 0.1) is 17.8 Å². The van der Waals surface area contributed by atoms with Gasteiger partial charge in [-0.2, -0.15) is 0 Å². The molecular weight excluding hydrogens is 278 g/mol. The minimum Gasteiger partial charge on any atom is -0.384 e. The number of hydrogen-bond donors (Lipinski definition) is 2. The highest BCUT2D eigenvalue weighted by atomic mass is 35.5. The van der Waals surface area contributed by atoms with Crippen molar-refractivity contribution in [3.63, 3.8) is 0 Å². The summed E-state index contributed by atoms with van der Waals surface area (Å²) in [4.78, 5) is 12.2. The van der Waals surface area contributed by atoms with E-state index in [9.17, 15) is 4.79 Å². The lowest BCUT2D eigenvalue weighted by atomic mass is 10.0. The number of halogens is 1. The summed E-state index contributed by atoms with van der Waals surface area (Å²) in [6.45, 7) is 2.26. The summed E-state index contributed by atoms with van der Waals surface area (Å²) >= 11 is 5.92. The molecule has 2 unspecified atom stereocenters. The third-order valence-corrected chi connectivity index (χ3v) is 3.49. The number of aliphatic hydroxyl groups is 1. The highest BCUT2D eigenvalue weighted by Crippen LogP contribution is 2.24. The second kappa shape index (κ2) is 6.76. The van der Waals surface area contributed by atoms with Gasteiger partial charge in [-0.3, -0.25) is 4.79 Å². The van der Waals surface area contributed by atoms with Crippen LogP contribution >= 0.6 is 11.6 Å². The van der Waals surface area contributed by atoms with Gasteiger partial charge in [0.1, 0.15) is 6.61 Å². The summed E-state index contributed by atoms with van der Waals surface area (Å²) in [6.07, 6.45) is 0.646. The number of aliphatic hydroxyl groups excluding tert-OH is 1. The lowest BCUT2D eigenvalue weighted by Gasteiger charge is -2.15. The highest BCUT2D eigenvalue weighted by Gasteiger charge is 2.30. The maximum absolute atomic E-state index is 12.2. The first-order valence-corrected chi connectivity index (χ1v) is 6.81. The molecule has 106 valence electrons. The van der Waals surface area contributed by atoms with Gasteiger partial charge in [0.2, 0.25) is 5.91 Å². The van der Waals surface area contributed by atoms with E-state index in [-0.39, 0.29) is 24.5 Å². The quantitative estimate of drug-likeness (QED) is 0.821. The molecule has 2 rings (SSSR count). The van der Waals surface area contributed by atoms with Crippen molar-refractivity contribution < 1.29 is 14.6 Å². The Balaban J connectivity index is 2.18. The summed E-state index contributed by atoms with van der Waals surface area (Å²) in [5.74, 6) is 5.11. The number of amides is 1. The van der Waals surface area contributed by atoms with Crippen molar-refractivity contribution in [3.05, 3.63) is 28.8 Å². The van der Waals surface area contributed by atoms with Crippen molar-refractivity contribution in [1.82, 2.24) is 0 Å². The van der Waals surface area contributed by atoms with E-state index in [0.29, 0.717) is 22.9 Å². The average molecular weight is 294 g/mol. The van der Waals surface area contributed by atoms with Gasteiger partial charge in [0.15, 0.2) is 0 Å². The van der Waals surface area contributed by atoms with Gasteiger partial charge in [0.25, 0.3) is 0 Å². The number of carbonyl (C=O) groups is 1. The standard InChI is InChI=1S/C15H16ClNO3/c1-10-13(6-8-20-10)15(19)17-14-5-4-12(16)9-11(14)3-2-7-18/h4-5,9-10,13,18H,6-8H2,1H3,(H,17,19). The number of hydrogen-bond acceptors (Lipinski definition) is 3. The van der Waals surface area contributed by atoms with E-state index in [1.165, 1.54) is 0 Å². The summed E-state index contributed by atoms with van der Waals surface area (Å²) in [7, 11) is 0. The summed E-state index contributed by atoms with van der Waals surface area (Å²) in [5, 5.41) is 12.2.